The molecule has 0 atom stereocenters. The van der Waals surface area contributed by atoms with Crippen LogP contribution >= 0.6 is 0 Å². The van der Waals surface area contributed by atoms with Gasteiger partial charge in [0.05, 0.1) is 0 Å². The van der Waals surface area contributed by atoms with E-state index >= 15 is 0 Å². The van der Waals surface area contributed by atoms with Crippen LogP contribution < -0.4 is 11.1 Å². The van der Waals surface area contributed by atoms with Crippen LogP contribution in [0.4, 0.5) is 4.79 Å². The van der Waals surface area contributed by atoms with Gasteiger partial charge < -0.3 is 16.0 Å². The Balaban J connectivity index is 1.41. The van der Waals surface area contributed by atoms with E-state index in [1.54, 1.807) is 0 Å². The number of hydrogen-bond acceptors (Lipinski definition) is 3. The van der Waals surface area contributed by atoms with Crippen molar-refractivity contribution in [2.45, 2.75) is 19.6 Å². The molecule has 0 aromatic heterocycles. The van der Waals surface area contributed by atoms with Crippen LogP contribution in [0.1, 0.15) is 16.7 Å². The van der Waals surface area contributed by atoms with Crippen molar-refractivity contribution in [1.82, 2.24) is 15.1 Å². The van der Waals surface area contributed by atoms with Gasteiger partial charge in [0.2, 0.25) is 0 Å². The van der Waals surface area contributed by atoms with Crippen LogP contribution in [0.3, 0.4) is 0 Å². The van der Waals surface area contributed by atoms with Crippen molar-refractivity contribution in [3.63, 3.8) is 0 Å². The van der Waals surface area contributed by atoms with Gasteiger partial charge in [-0.05, 0) is 16.7 Å². The molecule has 0 unspecified atom stereocenters. The molecular weight excluding hydrogens is 312 g/mol. The smallest absolute Gasteiger partial charge is 0.317 e. The molecule has 3 N–H and O–H groups in total. The Hall–Kier alpha value is -2.37. The summed E-state index contributed by atoms with van der Waals surface area (Å²) in [6, 6.07) is 18.5. The summed E-state index contributed by atoms with van der Waals surface area (Å²) in [6.45, 7) is 5.40. The minimum atomic E-state index is 0.0160. The minimum absolute atomic E-state index is 0.0160. The monoisotopic (exact) mass is 338 g/mol. The lowest BCUT2D eigenvalue weighted by molar-refractivity contribution is 0.135. The minimum Gasteiger partial charge on any atom is -0.334 e. The fraction of sp³-hybridized carbons (Fsp3) is 0.350. The van der Waals surface area contributed by atoms with Gasteiger partial charge in [-0.3, -0.25) is 4.90 Å². The quantitative estimate of drug-likeness (QED) is 0.878. The molecule has 1 aliphatic heterocycles. The van der Waals surface area contributed by atoms with Gasteiger partial charge in [0.25, 0.3) is 0 Å². The van der Waals surface area contributed by atoms with Crippen LogP contribution in [-0.2, 0) is 19.6 Å². The number of urea groups is 1. The number of nitrogens with zero attached hydrogens (tertiary/aromatic N) is 2. The zero-order valence-electron chi connectivity index (χ0n) is 14.5. The Morgan fingerprint density at radius 3 is 2.16 bits per heavy atom. The van der Waals surface area contributed by atoms with Gasteiger partial charge in [0.1, 0.15) is 0 Å². The van der Waals surface area contributed by atoms with Crippen molar-refractivity contribution >= 4 is 6.03 Å². The maximum absolute atomic E-state index is 12.3. The molecule has 1 fully saturated rings. The molecule has 2 amide bonds. The van der Waals surface area contributed by atoms with Gasteiger partial charge in [-0.25, -0.2) is 4.79 Å². The summed E-state index contributed by atoms with van der Waals surface area (Å²) in [6.07, 6.45) is 0. The Labute approximate surface area is 149 Å². The third-order valence-corrected chi connectivity index (χ3v) is 4.61. The predicted molar refractivity (Wildman–Crippen MR) is 99.9 cm³/mol. The zero-order valence-corrected chi connectivity index (χ0v) is 14.5. The third kappa shape index (κ3) is 5.05. The molecule has 2 aromatic rings. The van der Waals surface area contributed by atoms with E-state index in [2.05, 4.69) is 34.5 Å². The van der Waals surface area contributed by atoms with Crippen molar-refractivity contribution < 1.29 is 4.79 Å². The maximum atomic E-state index is 12.3. The molecule has 5 nitrogen and oxygen atoms in total. The molecule has 0 aliphatic carbocycles. The van der Waals surface area contributed by atoms with Crippen LogP contribution in [0, 0.1) is 0 Å². The van der Waals surface area contributed by atoms with Gasteiger partial charge in [-0.15, -0.1) is 0 Å². The SMILES string of the molecule is NCc1ccc(CNC(=O)N2CCN(Cc3ccccc3)CC2)cc1. The van der Waals surface area contributed by atoms with E-state index in [0.717, 1.165) is 43.9 Å². The molecule has 5 heteroatoms. The molecule has 1 heterocycles. The number of rotatable bonds is 5. The fourth-order valence-electron chi connectivity index (χ4n) is 3.03. The fourth-order valence-corrected chi connectivity index (χ4v) is 3.03. The number of carbonyl (C=O) groups excluding carboxylic acids is 1. The van der Waals surface area contributed by atoms with Crippen LogP contribution in [0.2, 0.25) is 0 Å². The van der Waals surface area contributed by atoms with Gasteiger partial charge in [0.15, 0.2) is 0 Å². The molecular formula is C20H26N4O. The molecule has 0 bridgehead atoms. The second-order valence-corrected chi connectivity index (χ2v) is 6.43. The first-order valence-corrected chi connectivity index (χ1v) is 8.81. The van der Waals surface area contributed by atoms with Crippen LogP contribution in [0.15, 0.2) is 54.6 Å². The lowest BCUT2D eigenvalue weighted by Crippen LogP contribution is -2.51. The zero-order chi connectivity index (χ0) is 17.5. The molecule has 0 spiro atoms. The molecule has 132 valence electrons. The first-order valence-electron chi connectivity index (χ1n) is 8.81. The second kappa shape index (κ2) is 8.65. The molecule has 0 radical (unpaired) electrons. The Morgan fingerprint density at radius 1 is 0.880 bits per heavy atom. The highest BCUT2D eigenvalue weighted by Crippen LogP contribution is 2.09. The van der Waals surface area contributed by atoms with E-state index in [0.29, 0.717) is 13.1 Å². The second-order valence-electron chi connectivity index (χ2n) is 6.43. The van der Waals surface area contributed by atoms with Gasteiger partial charge >= 0.3 is 6.03 Å². The summed E-state index contributed by atoms with van der Waals surface area (Å²) >= 11 is 0. The van der Waals surface area contributed by atoms with Crippen molar-refractivity contribution in [3.05, 3.63) is 71.3 Å². The summed E-state index contributed by atoms with van der Waals surface area (Å²) in [4.78, 5) is 16.6. The molecule has 1 aliphatic rings. The van der Waals surface area contributed by atoms with Crippen molar-refractivity contribution in [3.8, 4) is 0 Å². The Bertz CT molecular complexity index is 664. The van der Waals surface area contributed by atoms with Crippen LogP contribution in [0.25, 0.3) is 0 Å². The Kier molecular flexibility index (Phi) is 6.04. The number of piperazine rings is 1. The average Bonchev–Trinajstić information content (AvgIpc) is 2.68. The summed E-state index contributed by atoms with van der Waals surface area (Å²) < 4.78 is 0. The lowest BCUT2D eigenvalue weighted by Gasteiger charge is -2.34. The van der Waals surface area contributed by atoms with E-state index in [-0.39, 0.29) is 6.03 Å². The number of hydrogen-bond donors (Lipinski definition) is 2. The van der Waals surface area contributed by atoms with Gasteiger partial charge in [0, 0.05) is 45.8 Å². The van der Waals surface area contributed by atoms with E-state index in [4.69, 9.17) is 5.73 Å². The predicted octanol–water partition coefficient (Wildman–Crippen LogP) is 2.17. The van der Waals surface area contributed by atoms with Gasteiger partial charge in [-0.1, -0.05) is 54.6 Å². The molecule has 2 aromatic carbocycles. The number of benzene rings is 2. The largest absolute Gasteiger partial charge is 0.334 e. The highest BCUT2D eigenvalue weighted by molar-refractivity contribution is 5.74. The van der Waals surface area contributed by atoms with Crippen molar-refractivity contribution in [2.24, 2.45) is 5.73 Å². The van der Waals surface area contributed by atoms with Crippen LogP contribution in [-0.4, -0.2) is 42.0 Å². The third-order valence-electron chi connectivity index (χ3n) is 4.61. The van der Waals surface area contributed by atoms with Crippen LogP contribution in [0.5, 0.6) is 0 Å². The van der Waals surface area contributed by atoms with E-state index in [1.807, 2.05) is 35.2 Å². The van der Waals surface area contributed by atoms with Crippen molar-refractivity contribution in [1.29, 1.82) is 0 Å². The van der Waals surface area contributed by atoms with E-state index in [1.165, 1.54) is 5.56 Å². The first kappa shape index (κ1) is 17.5. The average molecular weight is 338 g/mol. The number of amides is 2. The maximum Gasteiger partial charge on any atom is 0.317 e. The Morgan fingerprint density at radius 2 is 1.52 bits per heavy atom. The van der Waals surface area contributed by atoms with E-state index in [9.17, 15) is 4.79 Å². The molecule has 1 saturated heterocycles. The van der Waals surface area contributed by atoms with Crippen molar-refractivity contribution in [2.75, 3.05) is 26.2 Å². The highest BCUT2D eigenvalue weighted by Gasteiger charge is 2.20. The van der Waals surface area contributed by atoms with E-state index < -0.39 is 0 Å². The lowest BCUT2D eigenvalue weighted by atomic mass is 10.1. The standard InChI is InChI=1S/C20H26N4O/c21-14-17-6-8-18(9-7-17)15-22-20(25)24-12-10-23(11-13-24)16-19-4-2-1-3-5-19/h1-9H,10-16,21H2,(H,22,25). The molecule has 0 saturated carbocycles. The summed E-state index contributed by atoms with van der Waals surface area (Å²) in [5.41, 5.74) is 9.11. The topological polar surface area (TPSA) is 61.6 Å². The molecule has 25 heavy (non-hydrogen) atoms. The first-order chi connectivity index (χ1) is 12.2. The highest BCUT2D eigenvalue weighted by atomic mass is 16.2. The number of nitrogens with one attached hydrogen (secondary N) is 1. The molecule has 3 rings (SSSR count). The van der Waals surface area contributed by atoms with Gasteiger partial charge in [-0.2, -0.15) is 0 Å². The summed E-state index contributed by atoms with van der Waals surface area (Å²) in [5.74, 6) is 0. The summed E-state index contributed by atoms with van der Waals surface area (Å²) in [7, 11) is 0. The summed E-state index contributed by atoms with van der Waals surface area (Å²) in [5, 5.41) is 3.01. The number of carbonyl (C=O) groups is 1. The normalized spacial score (nSPS) is 15.2. The number of nitrogens with two attached hydrogens (primary N) is 1.